The zero-order chi connectivity index (χ0) is 11.3. The Morgan fingerprint density at radius 1 is 1.60 bits per heavy atom. The molecule has 76 valence electrons. The number of nitro benzene ring substituents is 1. The maximum atomic E-state index is 10.5. The summed E-state index contributed by atoms with van der Waals surface area (Å²) in [5.74, 6) is 0.557. The highest BCUT2D eigenvalue weighted by Crippen LogP contribution is 2.18. The minimum Gasteiger partial charge on any atom is -0.258 e. The number of nitrogens with zero attached hydrogens (tertiary/aromatic N) is 2. The predicted octanol–water partition coefficient (Wildman–Crippen LogP) is 2.41. The van der Waals surface area contributed by atoms with Crippen molar-refractivity contribution in [2.75, 3.05) is 5.75 Å². The lowest BCUT2D eigenvalue weighted by Crippen LogP contribution is -1.90. The van der Waals surface area contributed by atoms with E-state index in [1.807, 2.05) is 6.07 Å². The Bertz CT molecular complexity index is 449. The van der Waals surface area contributed by atoms with Crippen LogP contribution in [-0.2, 0) is 0 Å². The minimum atomic E-state index is -0.521. The predicted molar refractivity (Wildman–Crippen MR) is 60.7 cm³/mol. The number of nitro groups is 1. The van der Waals surface area contributed by atoms with Crippen molar-refractivity contribution in [3.05, 3.63) is 45.5 Å². The maximum Gasteiger partial charge on any atom is 0.270 e. The van der Waals surface area contributed by atoms with Gasteiger partial charge in [0, 0.05) is 17.9 Å². The van der Waals surface area contributed by atoms with Gasteiger partial charge in [-0.25, -0.2) is 0 Å². The summed E-state index contributed by atoms with van der Waals surface area (Å²) in [5.41, 5.74) is 0.883. The number of non-ortho nitro benzene ring substituents is 1. The summed E-state index contributed by atoms with van der Waals surface area (Å²) in [4.78, 5) is 9.94. The van der Waals surface area contributed by atoms with Crippen LogP contribution in [0.5, 0.6) is 0 Å². The quantitative estimate of drug-likeness (QED) is 0.483. The molecule has 15 heavy (non-hydrogen) atoms. The number of hydrogen-bond acceptors (Lipinski definition) is 4. The van der Waals surface area contributed by atoms with E-state index in [-0.39, 0.29) is 5.69 Å². The molecule has 0 unspecified atom stereocenters. The fourth-order valence-electron chi connectivity index (χ4n) is 1.08. The molecule has 0 heterocycles. The van der Waals surface area contributed by atoms with Gasteiger partial charge in [-0.15, -0.1) is 0 Å². The molecule has 5 heteroatoms. The molecule has 0 aromatic heterocycles. The molecule has 0 saturated carbocycles. The Labute approximate surface area is 92.4 Å². The molecule has 0 fully saturated rings. The molecule has 0 spiro atoms. The van der Waals surface area contributed by atoms with E-state index in [1.54, 1.807) is 18.2 Å². The molecule has 0 N–H and O–H groups in total. The van der Waals surface area contributed by atoms with Gasteiger partial charge in [-0.05, 0) is 11.6 Å². The van der Waals surface area contributed by atoms with E-state index >= 15 is 0 Å². The van der Waals surface area contributed by atoms with Crippen molar-refractivity contribution in [2.45, 2.75) is 0 Å². The van der Waals surface area contributed by atoms with Crippen LogP contribution in [0, 0.1) is 21.4 Å². The maximum absolute atomic E-state index is 10.5. The zero-order valence-electron chi connectivity index (χ0n) is 7.75. The minimum absolute atomic E-state index is 0.0745. The second-order valence-electron chi connectivity index (χ2n) is 2.73. The number of hydrogen-bond donors (Lipinski definition) is 1. The highest BCUT2D eigenvalue weighted by Gasteiger charge is 2.08. The lowest BCUT2D eigenvalue weighted by atomic mass is 10.1. The topological polar surface area (TPSA) is 66.9 Å². The summed E-state index contributed by atoms with van der Waals surface area (Å²) in [6.45, 7) is 0. The monoisotopic (exact) mass is 220 g/mol. The van der Waals surface area contributed by atoms with E-state index in [0.717, 1.165) is 0 Å². The fraction of sp³-hybridized carbons (Fsp3) is 0.100. The van der Waals surface area contributed by atoms with Gasteiger partial charge in [0.05, 0.1) is 10.5 Å². The van der Waals surface area contributed by atoms with E-state index in [4.69, 9.17) is 5.26 Å². The van der Waals surface area contributed by atoms with Crippen molar-refractivity contribution in [1.29, 1.82) is 5.26 Å². The van der Waals surface area contributed by atoms with Crippen LogP contribution in [0.3, 0.4) is 0 Å². The first-order valence-corrected chi connectivity index (χ1v) is 4.78. The van der Waals surface area contributed by atoms with Crippen molar-refractivity contribution in [3.8, 4) is 6.07 Å². The summed E-state index contributed by atoms with van der Waals surface area (Å²) in [6.07, 6.45) is 3.49. The van der Waals surface area contributed by atoms with Crippen LogP contribution in [-0.4, -0.2) is 10.7 Å². The van der Waals surface area contributed by atoms with Crippen molar-refractivity contribution < 1.29 is 4.92 Å². The number of thiol groups is 1. The average molecular weight is 220 g/mol. The van der Waals surface area contributed by atoms with E-state index in [9.17, 15) is 10.1 Å². The normalized spacial score (nSPS) is 10.1. The van der Waals surface area contributed by atoms with Gasteiger partial charge < -0.3 is 0 Å². The van der Waals surface area contributed by atoms with Crippen LogP contribution in [0.4, 0.5) is 5.69 Å². The second kappa shape index (κ2) is 5.17. The van der Waals surface area contributed by atoms with E-state index in [1.165, 1.54) is 12.1 Å². The molecule has 4 nitrogen and oxygen atoms in total. The van der Waals surface area contributed by atoms with Gasteiger partial charge in [0.2, 0.25) is 0 Å². The third-order valence-corrected chi connectivity index (χ3v) is 1.98. The highest BCUT2D eigenvalue weighted by atomic mass is 32.1. The van der Waals surface area contributed by atoms with Gasteiger partial charge in [-0.3, -0.25) is 10.1 Å². The highest BCUT2D eigenvalue weighted by molar-refractivity contribution is 7.80. The van der Waals surface area contributed by atoms with Gasteiger partial charge in [0.15, 0.2) is 0 Å². The molecule has 1 aromatic carbocycles. The summed E-state index contributed by atoms with van der Waals surface area (Å²) in [5, 5.41) is 19.3. The Morgan fingerprint density at radius 2 is 2.33 bits per heavy atom. The number of nitriles is 1. The zero-order valence-corrected chi connectivity index (χ0v) is 8.65. The third-order valence-electron chi connectivity index (χ3n) is 1.77. The first kappa shape index (κ1) is 11.3. The van der Waals surface area contributed by atoms with Crippen molar-refractivity contribution >= 4 is 24.4 Å². The van der Waals surface area contributed by atoms with Crippen LogP contribution >= 0.6 is 12.6 Å². The molecule has 0 atom stereocenters. The van der Waals surface area contributed by atoms with E-state index < -0.39 is 4.92 Å². The largest absolute Gasteiger partial charge is 0.270 e. The van der Waals surface area contributed by atoms with Crippen LogP contribution in [0.25, 0.3) is 6.08 Å². The van der Waals surface area contributed by atoms with E-state index in [2.05, 4.69) is 12.6 Å². The molecular formula is C10H8N2O2S. The summed E-state index contributed by atoms with van der Waals surface area (Å²) in [7, 11) is 0. The van der Waals surface area contributed by atoms with Gasteiger partial charge in [-0.1, -0.05) is 12.2 Å². The lowest BCUT2D eigenvalue weighted by molar-refractivity contribution is -0.384. The standard InChI is InChI=1S/C10H8N2O2S/c11-7-9-6-10(12(13)14)4-3-8(9)2-1-5-15/h1-4,6,15H,5H2. The van der Waals surface area contributed by atoms with Gasteiger partial charge in [0.1, 0.15) is 6.07 Å². The second-order valence-corrected chi connectivity index (χ2v) is 3.09. The molecule has 0 radical (unpaired) electrons. The molecule has 0 bridgehead atoms. The van der Waals surface area contributed by atoms with Gasteiger partial charge >= 0.3 is 0 Å². The average Bonchev–Trinajstić information content (AvgIpc) is 2.25. The molecule has 0 aliphatic heterocycles. The number of rotatable bonds is 3. The summed E-state index contributed by atoms with van der Waals surface area (Å²) >= 11 is 3.99. The Kier molecular flexibility index (Phi) is 3.89. The SMILES string of the molecule is N#Cc1cc([N+](=O)[O-])ccc1C=CCS. The van der Waals surface area contributed by atoms with Crippen LogP contribution < -0.4 is 0 Å². The first-order chi connectivity index (χ1) is 7.19. The molecule has 0 saturated heterocycles. The summed E-state index contributed by atoms with van der Waals surface area (Å²) in [6, 6.07) is 6.11. The van der Waals surface area contributed by atoms with Crippen LogP contribution in [0.1, 0.15) is 11.1 Å². The third kappa shape index (κ3) is 2.82. The van der Waals surface area contributed by atoms with Crippen molar-refractivity contribution in [3.63, 3.8) is 0 Å². The molecule has 0 aliphatic rings. The first-order valence-electron chi connectivity index (χ1n) is 4.15. The van der Waals surface area contributed by atoms with Gasteiger partial charge in [0.25, 0.3) is 5.69 Å². The lowest BCUT2D eigenvalue weighted by Gasteiger charge is -1.97. The Balaban J connectivity index is 3.16. The van der Waals surface area contributed by atoms with Crippen molar-refractivity contribution in [2.24, 2.45) is 0 Å². The smallest absolute Gasteiger partial charge is 0.258 e. The van der Waals surface area contributed by atoms with Crippen molar-refractivity contribution in [1.82, 2.24) is 0 Å². The molecule has 1 aromatic rings. The Morgan fingerprint density at radius 3 is 2.87 bits per heavy atom. The molecule has 0 amide bonds. The Hall–Kier alpha value is -1.80. The molecule has 0 aliphatic carbocycles. The summed E-state index contributed by atoms with van der Waals surface area (Å²) < 4.78 is 0. The number of benzene rings is 1. The molecular weight excluding hydrogens is 212 g/mol. The fourth-order valence-corrected chi connectivity index (χ4v) is 1.19. The van der Waals surface area contributed by atoms with Crippen LogP contribution in [0.15, 0.2) is 24.3 Å². The van der Waals surface area contributed by atoms with E-state index in [0.29, 0.717) is 16.9 Å². The van der Waals surface area contributed by atoms with Gasteiger partial charge in [-0.2, -0.15) is 17.9 Å². The van der Waals surface area contributed by atoms with Crippen LogP contribution in [0.2, 0.25) is 0 Å². The molecule has 1 rings (SSSR count).